The van der Waals surface area contributed by atoms with Crippen LogP contribution in [0.5, 0.6) is 11.5 Å². The number of halogens is 7. The largest absolute Gasteiger partial charge is 0.508 e. The average Bonchev–Trinajstić information content (AvgIpc) is 3.19. The van der Waals surface area contributed by atoms with E-state index in [1.807, 2.05) is 0 Å². The van der Waals surface area contributed by atoms with E-state index in [2.05, 4.69) is 37.2 Å². The number of ether oxygens (including phenoxy) is 1. The molecule has 58 heavy (non-hydrogen) atoms. The standard InChI is InChI=1S/C17H18F2N2O5S2.C16H16F2N2O5S2.I2.HI/c1-26-13-5-7-14(8-6-13)27(22,23)20-9-11-21(12-10-20)28(24,25)17-15(18)3-2-4-16(17)19;17-14-2-1-3-15(18)16(14)27(24,25)20-10-8-19(9-11-20)26(22,23)13-6-4-12(21)5-7-13;1-2;/h2-8H,9-12H2,1H3;1-7,21H,8-11H2;;1H/i1-1;;;. The van der Waals surface area contributed by atoms with Crippen molar-refractivity contribution in [2.75, 3.05) is 59.5 Å². The van der Waals surface area contributed by atoms with Crippen molar-refractivity contribution >= 4 is 101 Å². The van der Waals surface area contributed by atoms with Crippen LogP contribution in [-0.4, -0.2) is 115 Å². The molecule has 0 radical (unpaired) electrons. The lowest BCUT2D eigenvalue weighted by Gasteiger charge is -2.33. The van der Waals surface area contributed by atoms with E-state index in [1.54, 1.807) is 0 Å². The summed E-state index contributed by atoms with van der Waals surface area (Å²) in [6.45, 7) is -1.53. The Morgan fingerprint density at radius 1 is 0.483 bits per heavy atom. The number of benzene rings is 4. The topological polar surface area (TPSA) is 179 Å². The van der Waals surface area contributed by atoms with E-state index in [9.17, 15) is 56.3 Å². The zero-order chi connectivity index (χ0) is 42.3. The van der Waals surface area contributed by atoms with Gasteiger partial charge in [0.15, 0.2) is 9.79 Å². The lowest BCUT2D eigenvalue weighted by molar-refractivity contribution is 0.271. The quantitative estimate of drug-likeness (QED) is 0.168. The van der Waals surface area contributed by atoms with Crippen LogP contribution in [0.2, 0.25) is 0 Å². The Labute approximate surface area is 374 Å². The van der Waals surface area contributed by atoms with Gasteiger partial charge < -0.3 is 9.84 Å². The number of phenols is 1. The van der Waals surface area contributed by atoms with Crippen LogP contribution < -0.4 is 4.74 Å². The summed E-state index contributed by atoms with van der Waals surface area (Å²) in [5.74, 6) is -4.36. The van der Waals surface area contributed by atoms with Gasteiger partial charge in [0.2, 0.25) is 40.1 Å². The summed E-state index contributed by atoms with van der Waals surface area (Å²) in [5.41, 5.74) is 0. The van der Waals surface area contributed by atoms with Crippen LogP contribution in [0, 0.1) is 23.3 Å². The molecule has 1 N–H and O–H groups in total. The molecular weight excluding hydrogens is 1200 g/mol. The molecule has 4 aromatic rings. The molecule has 0 saturated carbocycles. The van der Waals surface area contributed by atoms with Crippen LogP contribution >= 0.6 is 61.2 Å². The van der Waals surface area contributed by atoms with Crippen LogP contribution in [0.15, 0.2) is 105 Å². The van der Waals surface area contributed by atoms with Crippen LogP contribution in [0.1, 0.15) is 0 Å². The summed E-state index contributed by atoms with van der Waals surface area (Å²) < 4.78 is 165. The van der Waals surface area contributed by atoms with Crippen molar-refractivity contribution < 1.29 is 61.1 Å². The van der Waals surface area contributed by atoms with Crippen LogP contribution in [0.25, 0.3) is 0 Å². The first-order valence-electron chi connectivity index (χ1n) is 16.3. The summed E-state index contributed by atoms with van der Waals surface area (Å²) >= 11 is 4.24. The summed E-state index contributed by atoms with van der Waals surface area (Å²) in [5, 5.41) is 9.27. The van der Waals surface area contributed by atoms with Gasteiger partial charge in [0.1, 0.15) is 34.8 Å². The van der Waals surface area contributed by atoms with Crippen molar-refractivity contribution in [2.24, 2.45) is 0 Å². The second-order valence-corrected chi connectivity index (χ2v) is 19.5. The van der Waals surface area contributed by atoms with E-state index in [0.717, 1.165) is 53.6 Å². The molecule has 2 saturated heterocycles. The van der Waals surface area contributed by atoms with E-state index in [0.29, 0.717) is 5.75 Å². The molecule has 0 bridgehead atoms. The maximum absolute atomic E-state index is 13.9. The smallest absolute Gasteiger partial charge is 0.249 e. The van der Waals surface area contributed by atoms with Gasteiger partial charge in [0.05, 0.1) is 16.9 Å². The SMILES string of the molecule is I.II.O=S(=O)(c1ccc(O)cc1)N1CCN(S(=O)(=O)c2c(F)cccc2F)CC1.[11CH3]Oc1ccc(S(=O)(=O)N2CCN(S(=O)(=O)c3c(F)cccc3F)CC2)cc1. The summed E-state index contributed by atoms with van der Waals surface area (Å²) in [6, 6.07) is 16.3. The van der Waals surface area contributed by atoms with Crippen molar-refractivity contribution in [1.82, 2.24) is 17.2 Å². The zero-order valence-electron chi connectivity index (χ0n) is 30.0. The lowest BCUT2D eigenvalue weighted by Crippen LogP contribution is -2.50. The Morgan fingerprint density at radius 2 is 0.741 bits per heavy atom. The number of piperazine rings is 2. The second kappa shape index (κ2) is 21.2. The fourth-order valence-electron chi connectivity index (χ4n) is 5.68. The normalized spacial score (nSPS) is 16.2. The van der Waals surface area contributed by atoms with Crippen molar-refractivity contribution in [1.29, 1.82) is 0 Å². The van der Waals surface area contributed by atoms with Gasteiger partial charge in [0, 0.05) is 89.6 Å². The molecule has 14 nitrogen and oxygen atoms in total. The Morgan fingerprint density at radius 3 is 1.02 bits per heavy atom. The van der Waals surface area contributed by atoms with E-state index in [-0.39, 0.29) is 91.9 Å². The van der Waals surface area contributed by atoms with Gasteiger partial charge in [-0.05, 0) is 72.8 Å². The highest BCUT2D eigenvalue weighted by atomic mass is 128. The number of aromatic hydroxyl groups is 1. The lowest BCUT2D eigenvalue weighted by atomic mass is 10.3. The molecule has 2 aliphatic rings. The monoisotopic (exact) mass is 1230 g/mol. The zero-order valence-corrected chi connectivity index (χ0v) is 39.9. The molecule has 4 aromatic carbocycles. The first-order valence-corrected chi connectivity index (χ1v) is 28.3. The number of phenolic OH excluding ortho intramolecular Hbond substituents is 1. The maximum Gasteiger partial charge on any atom is 0.249 e. The van der Waals surface area contributed by atoms with Crippen LogP contribution in [0.4, 0.5) is 17.6 Å². The summed E-state index contributed by atoms with van der Waals surface area (Å²) in [7, 11) is -15.1. The average molecular weight is 1230 g/mol. The molecule has 0 aromatic heterocycles. The first kappa shape index (κ1) is 50.4. The maximum atomic E-state index is 13.9. The first-order chi connectivity index (χ1) is 26.8. The van der Waals surface area contributed by atoms with Gasteiger partial charge in [0.25, 0.3) is 0 Å². The van der Waals surface area contributed by atoms with Gasteiger partial charge in [-0.25, -0.2) is 51.2 Å². The van der Waals surface area contributed by atoms with E-state index >= 15 is 0 Å². The minimum Gasteiger partial charge on any atom is -0.508 e. The van der Waals surface area contributed by atoms with Gasteiger partial charge in [-0.2, -0.15) is 17.2 Å². The molecule has 6 rings (SSSR count). The minimum atomic E-state index is -4.43. The van der Waals surface area contributed by atoms with Crippen molar-refractivity contribution in [3.8, 4) is 11.5 Å². The van der Waals surface area contributed by atoms with E-state index in [4.69, 9.17) is 4.74 Å². The van der Waals surface area contributed by atoms with Gasteiger partial charge in [-0.1, -0.05) is 12.1 Å². The fraction of sp³-hybridized carbons (Fsp3) is 0.273. The number of methoxy groups -OCH3 is 1. The fourth-order valence-corrected chi connectivity index (χ4v) is 11.6. The molecule has 2 aliphatic heterocycles. The minimum absolute atomic E-state index is 0. The third-order valence-corrected chi connectivity index (χ3v) is 16.3. The Hall–Kier alpha value is -1.97. The molecule has 0 amide bonds. The van der Waals surface area contributed by atoms with E-state index in [1.165, 1.54) is 55.6 Å². The molecule has 0 atom stereocenters. The van der Waals surface area contributed by atoms with Gasteiger partial charge in [-0.15, -0.1) is 24.0 Å². The van der Waals surface area contributed by atoms with Crippen molar-refractivity contribution in [3.05, 3.63) is 108 Å². The number of rotatable bonds is 9. The molecule has 320 valence electrons. The third kappa shape index (κ3) is 11.3. The number of hydrogen-bond acceptors (Lipinski definition) is 10. The predicted octanol–water partition coefficient (Wildman–Crippen LogP) is 5.42. The number of hydrogen-bond donors (Lipinski definition) is 1. The summed E-state index contributed by atoms with van der Waals surface area (Å²) in [4.78, 5) is -2.07. The Kier molecular flexibility index (Phi) is 18.4. The van der Waals surface area contributed by atoms with Gasteiger partial charge >= 0.3 is 0 Å². The molecular formula is C33H35F4I3N4O10S4. The molecule has 0 aliphatic carbocycles. The van der Waals surface area contributed by atoms with Crippen molar-refractivity contribution in [2.45, 2.75) is 19.6 Å². The van der Waals surface area contributed by atoms with E-state index < -0.39 is 73.2 Å². The molecule has 2 fully saturated rings. The molecule has 0 spiro atoms. The number of nitrogens with zero attached hydrogens (tertiary/aromatic N) is 4. The highest BCUT2D eigenvalue weighted by Crippen LogP contribution is 2.28. The Balaban J connectivity index is 0.000000293. The second-order valence-electron chi connectivity index (χ2n) is 11.9. The molecule has 0 unspecified atom stereocenters. The summed E-state index contributed by atoms with van der Waals surface area (Å²) in [6.07, 6.45) is 0. The highest BCUT2D eigenvalue weighted by molar-refractivity contribution is 15.0. The molecule has 2 heterocycles. The van der Waals surface area contributed by atoms with Crippen LogP contribution in [-0.2, 0) is 40.1 Å². The predicted molar refractivity (Wildman–Crippen MR) is 232 cm³/mol. The van der Waals surface area contributed by atoms with Crippen molar-refractivity contribution in [3.63, 3.8) is 0 Å². The molecule has 25 heteroatoms. The van der Waals surface area contributed by atoms with Gasteiger partial charge in [-0.3, -0.25) is 0 Å². The number of sulfonamides is 4. The third-order valence-electron chi connectivity index (χ3n) is 8.60. The highest BCUT2D eigenvalue weighted by Gasteiger charge is 2.38. The van der Waals surface area contributed by atoms with Crippen LogP contribution in [0.3, 0.4) is 0 Å². The Bertz CT molecular complexity index is 2440.